The van der Waals surface area contributed by atoms with E-state index in [1.54, 1.807) is 0 Å². The van der Waals surface area contributed by atoms with Crippen LogP contribution in [0, 0.1) is 0 Å². The number of hydrogen-bond donors (Lipinski definition) is 0. The van der Waals surface area contributed by atoms with Crippen molar-refractivity contribution in [3.05, 3.63) is 504 Å². The molecule has 7 heteroatoms. The summed E-state index contributed by atoms with van der Waals surface area (Å²) in [5, 5.41) is 4.98. The second kappa shape index (κ2) is 33.5. The van der Waals surface area contributed by atoms with E-state index in [1.165, 1.54) is 77.1 Å². The number of rotatable bonds is 20. The maximum Gasteiger partial charge on any atom is 0.0541 e. The molecule has 0 aliphatic carbocycles. The van der Waals surface area contributed by atoms with Crippen LogP contribution < -0.4 is 24.5 Å². The summed E-state index contributed by atoms with van der Waals surface area (Å²) < 4.78 is 4.73. The van der Waals surface area contributed by atoms with Gasteiger partial charge >= 0.3 is 0 Å². The molecule has 19 aromatic carbocycles. The summed E-state index contributed by atoms with van der Waals surface area (Å²) in [4.78, 5) is 11.6. The minimum atomic E-state index is 1.06. The van der Waals surface area contributed by atoms with Crippen molar-refractivity contribution in [3.8, 4) is 44.8 Å². The van der Waals surface area contributed by atoms with Crippen molar-refractivity contribution in [3.63, 3.8) is 0 Å². The van der Waals surface area contributed by atoms with Gasteiger partial charge in [0.05, 0.1) is 22.1 Å². The third-order valence-corrected chi connectivity index (χ3v) is 22.7. The molecule has 2 heterocycles. The Hall–Kier alpha value is -16.2. The van der Waals surface area contributed by atoms with Crippen LogP contribution in [0.2, 0.25) is 0 Å². The van der Waals surface area contributed by atoms with Gasteiger partial charge in [0, 0.05) is 118 Å². The predicted octanol–water partition coefficient (Wildman–Crippen LogP) is 31.9. The Labute approximate surface area is 706 Å². The van der Waals surface area contributed by atoms with Crippen LogP contribution in [0.25, 0.3) is 88.4 Å². The standard InChI is InChI=1S/C60H44N4.C54H39N3/c1-6-18-47(19-7-1)61(48-20-8-2-9-21-48)53-35-39-55(40-36-53)63(56-41-37-54(38-42-56)62(49-22-10-3-11-23-49)50-24-12-4-13-25-50)52-33-30-45(31-34-52)46-32-43-60-58(44-46)57-28-16-17-29-59(57)64(60)51-26-14-5-15-27-51;1-5-15-40(16-6-1)41-25-30-47(31-26-41)56(50-36-34-49(35-37-50)55(44-17-7-2-8-18-44)45-19-9-3-10-20-45)48-32-27-42(28-33-48)43-29-38-54-52(39-43)51-23-13-14-24-53(51)57(54)46-21-11-4-12-22-46/h1-44H;1-39H. The summed E-state index contributed by atoms with van der Waals surface area (Å²) in [6.45, 7) is 0. The molecule has 121 heavy (non-hydrogen) atoms. The highest BCUT2D eigenvalue weighted by molar-refractivity contribution is 6.12. The quantitative estimate of drug-likeness (QED) is 0.0758. The normalized spacial score (nSPS) is 11.1. The lowest BCUT2D eigenvalue weighted by atomic mass is 10.0. The largest absolute Gasteiger partial charge is 0.311 e. The summed E-state index contributed by atoms with van der Waals surface area (Å²) in [6.07, 6.45) is 0. The van der Waals surface area contributed by atoms with Crippen LogP contribution in [0.1, 0.15) is 0 Å². The molecule has 0 bridgehead atoms. The molecule has 0 N–H and O–H groups in total. The maximum absolute atomic E-state index is 2.36. The number of benzene rings is 19. The minimum Gasteiger partial charge on any atom is -0.311 e. The first kappa shape index (κ1) is 73.7. The zero-order chi connectivity index (χ0) is 80.6. The van der Waals surface area contributed by atoms with Crippen molar-refractivity contribution in [1.82, 2.24) is 9.13 Å². The highest BCUT2D eigenvalue weighted by Crippen LogP contribution is 2.46. The SMILES string of the molecule is c1ccc(-c2ccc(N(c3ccc(-c4ccc5c(c4)c4ccccc4n5-c4ccccc4)cc3)c3ccc(N(c4ccccc4)c4ccccc4)cc3)cc2)cc1.c1ccc(N(c2ccccc2)c2ccc(N(c3ccc(-c4ccc5c(c4)c4ccccc4n5-c4ccccc4)cc3)c3ccc(N(c4ccccc4)c4ccccc4)cc3)cc2)cc1. The van der Waals surface area contributed by atoms with Crippen LogP contribution in [-0.4, -0.2) is 9.13 Å². The van der Waals surface area contributed by atoms with Crippen LogP contribution in [0.3, 0.4) is 0 Å². The molecule has 0 aliphatic heterocycles. The number of anilines is 15. The second-order valence-electron chi connectivity index (χ2n) is 30.1. The Kier molecular flexibility index (Phi) is 20.4. The first-order chi connectivity index (χ1) is 60.0. The van der Waals surface area contributed by atoms with Crippen molar-refractivity contribution >= 4 is 129 Å². The number of fused-ring (bicyclic) bond motifs is 6. The number of aromatic nitrogens is 2. The van der Waals surface area contributed by atoms with E-state index in [4.69, 9.17) is 0 Å². The van der Waals surface area contributed by atoms with Gasteiger partial charge in [-0.15, -0.1) is 0 Å². The zero-order valence-corrected chi connectivity index (χ0v) is 66.6. The average Bonchev–Trinajstić information content (AvgIpc) is 1.60. The average molecular weight is 1550 g/mol. The number of nitrogens with zero attached hydrogens (tertiary/aromatic N) is 7. The smallest absolute Gasteiger partial charge is 0.0541 e. The van der Waals surface area contributed by atoms with Crippen molar-refractivity contribution in [1.29, 1.82) is 0 Å². The van der Waals surface area contributed by atoms with E-state index in [2.05, 4.69) is 537 Å². The number of para-hydroxylation sites is 10. The monoisotopic (exact) mass is 1550 g/mol. The highest BCUT2D eigenvalue weighted by Gasteiger charge is 2.23. The van der Waals surface area contributed by atoms with Crippen molar-refractivity contribution < 1.29 is 0 Å². The fraction of sp³-hybridized carbons (Fsp3) is 0. The summed E-state index contributed by atoms with van der Waals surface area (Å²) in [7, 11) is 0. The molecule has 0 aliphatic rings. The van der Waals surface area contributed by atoms with Gasteiger partial charge in [0.15, 0.2) is 0 Å². The molecular weight excluding hydrogens is 1470 g/mol. The van der Waals surface area contributed by atoms with E-state index >= 15 is 0 Å². The van der Waals surface area contributed by atoms with Crippen molar-refractivity contribution in [2.24, 2.45) is 0 Å². The molecule has 2 aromatic heterocycles. The van der Waals surface area contributed by atoms with Crippen molar-refractivity contribution in [2.75, 3.05) is 24.5 Å². The Balaban J connectivity index is 0.000000155. The lowest BCUT2D eigenvalue weighted by molar-refractivity contribution is 1.18. The molecule has 0 saturated heterocycles. The van der Waals surface area contributed by atoms with E-state index in [1.807, 2.05) is 0 Å². The van der Waals surface area contributed by atoms with Gasteiger partial charge in [-0.3, -0.25) is 0 Å². The fourth-order valence-electron chi connectivity index (χ4n) is 17.0. The third-order valence-electron chi connectivity index (χ3n) is 22.7. The predicted molar refractivity (Wildman–Crippen MR) is 511 cm³/mol. The van der Waals surface area contributed by atoms with Gasteiger partial charge in [0.1, 0.15) is 0 Å². The summed E-state index contributed by atoms with van der Waals surface area (Å²) >= 11 is 0. The minimum absolute atomic E-state index is 1.06. The van der Waals surface area contributed by atoms with Gasteiger partial charge in [0.25, 0.3) is 0 Å². The van der Waals surface area contributed by atoms with Crippen LogP contribution >= 0.6 is 0 Å². The van der Waals surface area contributed by atoms with Gasteiger partial charge in [-0.05, 0) is 276 Å². The molecular formula is C114H83N7. The highest BCUT2D eigenvalue weighted by atomic mass is 15.2. The molecule has 21 rings (SSSR count). The van der Waals surface area contributed by atoms with Gasteiger partial charge in [0.2, 0.25) is 0 Å². The lowest BCUT2D eigenvalue weighted by Crippen LogP contribution is -2.13. The lowest BCUT2D eigenvalue weighted by Gasteiger charge is -2.29. The van der Waals surface area contributed by atoms with Crippen LogP contribution in [-0.2, 0) is 0 Å². The Morgan fingerprint density at radius 1 is 0.116 bits per heavy atom. The van der Waals surface area contributed by atoms with Crippen molar-refractivity contribution in [2.45, 2.75) is 0 Å². The molecule has 0 fully saturated rings. The summed E-state index contributed by atoms with van der Waals surface area (Å²) in [6, 6.07) is 180. The van der Waals surface area contributed by atoms with Crippen LogP contribution in [0.5, 0.6) is 0 Å². The molecule has 574 valence electrons. The fourth-order valence-corrected chi connectivity index (χ4v) is 17.0. The third kappa shape index (κ3) is 15.0. The van der Waals surface area contributed by atoms with E-state index in [0.29, 0.717) is 0 Å². The van der Waals surface area contributed by atoms with E-state index < -0.39 is 0 Å². The van der Waals surface area contributed by atoms with E-state index in [-0.39, 0.29) is 0 Å². The maximum atomic E-state index is 2.36. The first-order valence-corrected chi connectivity index (χ1v) is 41.2. The Morgan fingerprint density at radius 2 is 0.281 bits per heavy atom. The molecule has 0 amide bonds. The van der Waals surface area contributed by atoms with Gasteiger partial charge in [-0.25, -0.2) is 0 Å². The summed E-state index contributed by atoms with van der Waals surface area (Å²) in [5.41, 5.74) is 30.6. The van der Waals surface area contributed by atoms with Gasteiger partial charge < -0.3 is 33.6 Å². The van der Waals surface area contributed by atoms with Gasteiger partial charge in [-0.2, -0.15) is 0 Å². The molecule has 7 nitrogen and oxygen atoms in total. The van der Waals surface area contributed by atoms with Crippen LogP contribution in [0.15, 0.2) is 504 Å². The molecule has 21 aromatic rings. The van der Waals surface area contributed by atoms with E-state index in [0.717, 1.165) is 96.6 Å². The molecule has 0 atom stereocenters. The number of hydrogen-bond acceptors (Lipinski definition) is 5. The Bertz CT molecular complexity index is 6800. The van der Waals surface area contributed by atoms with Crippen LogP contribution in [0.4, 0.5) is 85.3 Å². The molecule has 0 saturated carbocycles. The zero-order valence-electron chi connectivity index (χ0n) is 66.6. The van der Waals surface area contributed by atoms with Gasteiger partial charge in [-0.1, -0.05) is 261 Å². The first-order valence-electron chi connectivity index (χ1n) is 41.2. The topological polar surface area (TPSA) is 26.1 Å². The second-order valence-corrected chi connectivity index (χ2v) is 30.1. The summed E-state index contributed by atoms with van der Waals surface area (Å²) in [5.74, 6) is 0. The van der Waals surface area contributed by atoms with E-state index in [9.17, 15) is 0 Å². The molecule has 0 unspecified atom stereocenters. The molecule has 0 spiro atoms. The molecule has 0 radical (unpaired) electrons. The Morgan fingerprint density at radius 3 is 0.529 bits per heavy atom.